The topological polar surface area (TPSA) is 134 Å². The Labute approximate surface area is 234 Å². The van der Waals surface area contributed by atoms with E-state index in [-0.39, 0.29) is 45.2 Å². The van der Waals surface area contributed by atoms with E-state index in [1.54, 1.807) is 24.3 Å². The Morgan fingerprint density at radius 1 is 1.10 bits per heavy atom. The molecule has 0 unspecified atom stereocenters. The van der Waals surface area contributed by atoms with Gasteiger partial charge in [0.15, 0.2) is 10.9 Å². The fourth-order valence-electron chi connectivity index (χ4n) is 4.08. The van der Waals surface area contributed by atoms with Crippen molar-refractivity contribution in [1.82, 2.24) is 15.3 Å². The summed E-state index contributed by atoms with van der Waals surface area (Å²) in [4.78, 5) is 51.0. The standard InChI is InChI=1S/C26H27N5O6S2/c32-23(11-14-29-12-5-2-6-13-29)28-30-25(34)22(39-26(30)38)16-18-15-20(31(35)36)9-10-21(18)37-17-24(33)27-19-7-3-1-4-8-19/h1,3-4,7-10,15-16H,2,5-6,11-14,17H2,(H,27,33)(H,28,32)/b22-16-. The third kappa shape index (κ3) is 7.85. The van der Waals surface area contributed by atoms with E-state index in [1.807, 2.05) is 6.07 Å². The number of likely N-dealkylation sites (tertiary alicyclic amines) is 1. The van der Waals surface area contributed by atoms with Gasteiger partial charge in [0, 0.05) is 36.3 Å². The first-order valence-electron chi connectivity index (χ1n) is 12.4. The van der Waals surface area contributed by atoms with E-state index in [9.17, 15) is 24.5 Å². The Morgan fingerprint density at radius 3 is 2.56 bits per heavy atom. The molecule has 2 aliphatic heterocycles. The third-order valence-corrected chi connectivity index (χ3v) is 7.34. The van der Waals surface area contributed by atoms with Crippen LogP contribution < -0.4 is 15.5 Å². The molecule has 0 aromatic heterocycles. The molecule has 2 N–H and O–H groups in total. The highest BCUT2D eigenvalue weighted by Crippen LogP contribution is 2.34. The van der Waals surface area contributed by atoms with Gasteiger partial charge in [-0.25, -0.2) is 0 Å². The zero-order valence-electron chi connectivity index (χ0n) is 21.0. The number of nitro groups is 1. The molecule has 2 aliphatic rings. The summed E-state index contributed by atoms with van der Waals surface area (Å²) in [7, 11) is 0. The predicted molar refractivity (Wildman–Crippen MR) is 152 cm³/mol. The van der Waals surface area contributed by atoms with E-state index in [0.29, 0.717) is 12.2 Å². The van der Waals surface area contributed by atoms with Crippen LogP contribution in [0.5, 0.6) is 5.75 Å². The quantitative estimate of drug-likeness (QED) is 0.190. The van der Waals surface area contributed by atoms with Gasteiger partial charge < -0.3 is 15.0 Å². The Hall–Kier alpha value is -3.81. The van der Waals surface area contributed by atoms with Crippen molar-refractivity contribution in [2.75, 3.05) is 31.6 Å². The van der Waals surface area contributed by atoms with Crippen LogP contribution in [-0.4, -0.2) is 63.1 Å². The van der Waals surface area contributed by atoms with Gasteiger partial charge in [-0.2, -0.15) is 5.01 Å². The van der Waals surface area contributed by atoms with Gasteiger partial charge in [0.25, 0.3) is 17.5 Å². The van der Waals surface area contributed by atoms with Gasteiger partial charge in [0.2, 0.25) is 5.91 Å². The van der Waals surface area contributed by atoms with Crippen LogP contribution in [0, 0.1) is 10.1 Å². The molecule has 0 aliphatic carbocycles. The first-order chi connectivity index (χ1) is 18.8. The maximum Gasteiger partial charge on any atom is 0.285 e. The van der Waals surface area contributed by atoms with E-state index >= 15 is 0 Å². The lowest BCUT2D eigenvalue weighted by Gasteiger charge is -2.26. The van der Waals surface area contributed by atoms with Gasteiger partial charge in [-0.3, -0.25) is 29.9 Å². The second-order valence-electron chi connectivity index (χ2n) is 8.89. The molecule has 2 fully saturated rings. The molecule has 0 spiro atoms. The number of ether oxygens (including phenoxy) is 1. The highest BCUT2D eigenvalue weighted by atomic mass is 32.2. The van der Waals surface area contributed by atoms with Gasteiger partial charge in [-0.05, 0) is 62.4 Å². The SMILES string of the molecule is O=C(COc1ccc([N+](=O)[O-])cc1/C=C1\SC(=S)N(NC(=O)CCN2CCCCC2)C1=O)Nc1ccccc1. The number of thiocarbonyl (C=S) groups is 1. The van der Waals surface area contributed by atoms with Gasteiger partial charge >= 0.3 is 0 Å². The van der Waals surface area contributed by atoms with Gasteiger partial charge in [0.1, 0.15) is 5.75 Å². The minimum Gasteiger partial charge on any atom is -0.483 e. The maximum absolute atomic E-state index is 13.0. The Morgan fingerprint density at radius 2 is 1.85 bits per heavy atom. The van der Waals surface area contributed by atoms with E-state index in [2.05, 4.69) is 15.6 Å². The zero-order valence-corrected chi connectivity index (χ0v) is 22.6. The Kier molecular flexibility index (Phi) is 9.63. The number of nitrogens with zero attached hydrogens (tertiary/aromatic N) is 3. The van der Waals surface area contributed by atoms with Crippen molar-refractivity contribution in [3.05, 3.63) is 69.1 Å². The minimum absolute atomic E-state index is 0.132. The molecule has 0 radical (unpaired) electrons. The number of non-ortho nitro benzene ring substituents is 1. The van der Waals surface area contributed by atoms with E-state index < -0.39 is 16.7 Å². The van der Waals surface area contributed by atoms with Crippen molar-refractivity contribution in [2.24, 2.45) is 0 Å². The average molecular weight is 570 g/mol. The first-order valence-corrected chi connectivity index (χ1v) is 13.6. The normalized spacial score (nSPS) is 16.8. The summed E-state index contributed by atoms with van der Waals surface area (Å²) in [6.45, 7) is 2.15. The van der Waals surface area contributed by atoms with Crippen LogP contribution in [0.25, 0.3) is 6.08 Å². The molecule has 4 rings (SSSR count). The molecule has 2 heterocycles. The van der Waals surface area contributed by atoms with Crippen LogP contribution >= 0.6 is 24.0 Å². The van der Waals surface area contributed by atoms with Crippen LogP contribution in [-0.2, 0) is 14.4 Å². The number of hydrogen-bond donors (Lipinski definition) is 2. The number of rotatable bonds is 10. The summed E-state index contributed by atoms with van der Waals surface area (Å²) in [5.74, 6) is -1.15. The molecular weight excluding hydrogens is 542 g/mol. The lowest BCUT2D eigenvalue weighted by Crippen LogP contribution is -2.46. The summed E-state index contributed by atoms with van der Waals surface area (Å²) in [6.07, 6.45) is 5.05. The molecule has 11 nitrogen and oxygen atoms in total. The lowest BCUT2D eigenvalue weighted by molar-refractivity contribution is -0.384. The molecule has 3 amide bonds. The van der Waals surface area contributed by atoms with Crippen LogP contribution in [0.3, 0.4) is 0 Å². The number of nitro benzene ring substituents is 1. The monoisotopic (exact) mass is 569 g/mol. The number of amides is 3. The van der Waals surface area contributed by atoms with Crippen LogP contribution in [0.4, 0.5) is 11.4 Å². The minimum atomic E-state index is -0.572. The number of carbonyl (C=O) groups is 3. The number of benzene rings is 2. The fourth-order valence-corrected chi connectivity index (χ4v) is 5.25. The molecule has 204 valence electrons. The van der Waals surface area contributed by atoms with Crippen molar-refractivity contribution < 1.29 is 24.0 Å². The van der Waals surface area contributed by atoms with Gasteiger partial charge in [-0.15, -0.1) is 0 Å². The second-order valence-corrected chi connectivity index (χ2v) is 10.6. The van der Waals surface area contributed by atoms with Gasteiger partial charge in [-0.1, -0.05) is 36.4 Å². The molecule has 2 saturated heterocycles. The first kappa shape index (κ1) is 28.2. The van der Waals surface area contributed by atoms with E-state index in [1.165, 1.54) is 30.7 Å². The molecule has 2 aromatic carbocycles. The third-order valence-electron chi connectivity index (χ3n) is 6.04. The summed E-state index contributed by atoms with van der Waals surface area (Å²) < 4.78 is 5.77. The van der Waals surface area contributed by atoms with E-state index in [4.69, 9.17) is 17.0 Å². The van der Waals surface area contributed by atoms with Crippen molar-refractivity contribution in [2.45, 2.75) is 25.7 Å². The Bertz CT molecular complexity index is 1300. The fraction of sp³-hybridized carbons (Fsp3) is 0.308. The largest absolute Gasteiger partial charge is 0.483 e. The number of anilines is 1. The lowest BCUT2D eigenvalue weighted by atomic mass is 10.1. The number of piperidine rings is 1. The number of hydrazine groups is 1. The predicted octanol–water partition coefficient (Wildman–Crippen LogP) is 3.72. The molecule has 0 atom stereocenters. The molecule has 0 bridgehead atoms. The van der Waals surface area contributed by atoms with Crippen molar-refractivity contribution in [1.29, 1.82) is 0 Å². The molecule has 0 saturated carbocycles. The zero-order chi connectivity index (χ0) is 27.8. The van der Waals surface area contributed by atoms with Crippen LogP contribution in [0.2, 0.25) is 0 Å². The summed E-state index contributed by atoms with van der Waals surface area (Å²) >= 11 is 6.25. The maximum atomic E-state index is 13.0. The summed E-state index contributed by atoms with van der Waals surface area (Å²) in [5.41, 5.74) is 3.16. The van der Waals surface area contributed by atoms with Crippen molar-refractivity contribution in [3.63, 3.8) is 0 Å². The van der Waals surface area contributed by atoms with Crippen molar-refractivity contribution >= 4 is 63.5 Å². The average Bonchev–Trinajstić information content (AvgIpc) is 3.19. The summed E-state index contributed by atoms with van der Waals surface area (Å²) in [6, 6.07) is 12.7. The highest BCUT2D eigenvalue weighted by Gasteiger charge is 2.34. The van der Waals surface area contributed by atoms with E-state index in [0.717, 1.165) is 42.7 Å². The molecule has 13 heteroatoms. The number of hydrogen-bond acceptors (Lipinski definition) is 9. The molecular formula is C26H27N5O6S2. The second kappa shape index (κ2) is 13.3. The number of para-hydroxylation sites is 1. The van der Waals surface area contributed by atoms with Crippen LogP contribution in [0.15, 0.2) is 53.4 Å². The Balaban J connectivity index is 1.43. The molecule has 2 aromatic rings. The smallest absolute Gasteiger partial charge is 0.285 e. The number of carbonyl (C=O) groups excluding carboxylic acids is 3. The summed E-state index contributed by atoms with van der Waals surface area (Å²) in [5, 5.41) is 15.1. The van der Waals surface area contributed by atoms with Crippen LogP contribution in [0.1, 0.15) is 31.2 Å². The molecule has 39 heavy (non-hydrogen) atoms. The van der Waals surface area contributed by atoms with Crippen molar-refractivity contribution in [3.8, 4) is 5.75 Å². The number of thioether (sulfide) groups is 1. The highest BCUT2D eigenvalue weighted by molar-refractivity contribution is 8.26. The number of nitrogens with one attached hydrogen (secondary N) is 2. The van der Waals surface area contributed by atoms with Gasteiger partial charge in [0.05, 0.1) is 9.83 Å².